The Kier molecular flexibility index (Phi) is 7.41. The molecule has 3 heterocycles. The zero-order valence-electron chi connectivity index (χ0n) is 30.9. The van der Waals surface area contributed by atoms with Crippen molar-refractivity contribution in [1.29, 1.82) is 0 Å². The molecule has 0 saturated carbocycles. The molecule has 0 fully saturated rings. The largest absolute Gasteiger partial charge is 0.208 e. The van der Waals surface area contributed by atoms with Crippen molar-refractivity contribution in [3.05, 3.63) is 164 Å². The van der Waals surface area contributed by atoms with Crippen LogP contribution in [0.3, 0.4) is 0 Å². The van der Waals surface area contributed by atoms with Crippen LogP contribution in [-0.2, 0) is 0 Å². The zero-order valence-corrected chi connectivity index (χ0v) is 32.9. The molecule has 0 bridgehead atoms. The average Bonchev–Trinajstić information content (AvgIpc) is 3.59. The monoisotopic (exact) mass is 725 g/mol. The van der Waals surface area contributed by atoms with Gasteiger partial charge in [-0.1, -0.05) is 178 Å². The van der Waals surface area contributed by atoms with E-state index in [9.17, 15) is 0 Å². The van der Waals surface area contributed by atoms with Gasteiger partial charge < -0.3 is 0 Å². The minimum Gasteiger partial charge on any atom is -0.208 e. The van der Waals surface area contributed by atoms with Gasteiger partial charge in [-0.15, -0.1) is 0 Å². The molecule has 258 valence electrons. The van der Waals surface area contributed by atoms with E-state index in [1.54, 1.807) is 0 Å². The van der Waals surface area contributed by atoms with Gasteiger partial charge in [0.05, 0.1) is 0 Å². The lowest BCUT2D eigenvalue weighted by molar-refractivity contribution is 1.08. The predicted octanol–water partition coefficient (Wildman–Crippen LogP) is 9.81. The van der Waals surface area contributed by atoms with Gasteiger partial charge in [-0.3, -0.25) is 0 Å². The Morgan fingerprint density at radius 3 is 1.06 bits per heavy atom. The SMILES string of the molecule is C[Si]1(C)c2ccccc2-c2cc(-c3ccccc3)c(-c3nc(-c4ccccc4)nc(-c4cc5c(cc4-c4ccccc4)-c4ccccc4[Si]5(C)C)n3)cc21. The summed E-state index contributed by atoms with van der Waals surface area (Å²) < 4.78 is 0. The molecule has 54 heavy (non-hydrogen) atoms. The number of fused-ring (bicyclic) bond motifs is 6. The summed E-state index contributed by atoms with van der Waals surface area (Å²) in [6, 6.07) is 59.4. The van der Waals surface area contributed by atoms with E-state index in [0.29, 0.717) is 17.5 Å². The van der Waals surface area contributed by atoms with Crippen molar-refractivity contribution >= 4 is 36.9 Å². The lowest BCUT2D eigenvalue weighted by atomic mass is 9.93. The molecule has 0 spiro atoms. The summed E-state index contributed by atoms with van der Waals surface area (Å²) in [6.07, 6.45) is 0. The van der Waals surface area contributed by atoms with Crippen LogP contribution in [0.25, 0.3) is 78.7 Å². The van der Waals surface area contributed by atoms with Gasteiger partial charge >= 0.3 is 0 Å². The number of benzene rings is 7. The predicted molar refractivity (Wildman–Crippen MR) is 231 cm³/mol. The van der Waals surface area contributed by atoms with Crippen LogP contribution in [-0.4, -0.2) is 31.1 Å². The second kappa shape index (κ2) is 12.3. The van der Waals surface area contributed by atoms with Crippen LogP contribution < -0.4 is 20.7 Å². The third-order valence-electron chi connectivity index (χ3n) is 11.8. The molecule has 0 N–H and O–H groups in total. The standard InChI is InChI=1S/C49H39N3Si2/c1-53(2)43-26-16-14-24-35(43)39-28-37(32-18-8-5-9-19-32)41(30-45(39)53)48-50-47(34-22-12-7-13-23-34)51-49(52-48)42-31-46-40(29-38(42)33-20-10-6-11-21-33)36-25-15-17-27-44(36)54(46,3)4/h5-31H,1-4H3. The fourth-order valence-electron chi connectivity index (χ4n) is 8.91. The van der Waals surface area contributed by atoms with E-state index in [1.165, 1.54) is 43.0 Å². The van der Waals surface area contributed by atoms with Crippen LogP contribution in [0.15, 0.2) is 164 Å². The van der Waals surface area contributed by atoms with Crippen molar-refractivity contribution in [2.45, 2.75) is 26.2 Å². The Hall–Kier alpha value is -6.02. The van der Waals surface area contributed by atoms with E-state index >= 15 is 0 Å². The van der Waals surface area contributed by atoms with Gasteiger partial charge in [-0.2, -0.15) is 0 Å². The molecule has 10 rings (SSSR count). The molecule has 0 amide bonds. The maximum Gasteiger partial charge on any atom is 0.164 e. The summed E-state index contributed by atoms with van der Waals surface area (Å²) in [6.45, 7) is 9.88. The van der Waals surface area contributed by atoms with Crippen LogP contribution in [0.4, 0.5) is 0 Å². The van der Waals surface area contributed by atoms with Gasteiger partial charge in [0, 0.05) is 16.7 Å². The molecule has 5 heteroatoms. The third kappa shape index (κ3) is 5.03. The highest BCUT2D eigenvalue weighted by Gasteiger charge is 2.40. The molecule has 7 aromatic carbocycles. The van der Waals surface area contributed by atoms with Crippen molar-refractivity contribution < 1.29 is 0 Å². The Morgan fingerprint density at radius 2 is 0.630 bits per heavy atom. The molecule has 3 nitrogen and oxygen atoms in total. The first-order valence-electron chi connectivity index (χ1n) is 18.8. The van der Waals surface area contributed by atoms with Crippen LogP contribution in [0, 0.1) is 0 Å². The van der Waals surface area contributed by atoms with Gasteiger partial charge in [0.15, 0.2) is 17.5 Å². The zero-order chi connectivity index (χ0) is 36.6. The number of rotatable bonds is 5. The quantitative estimate of drug-likeness (QED) is 0.166. The van der Waals surface area contributed by atoms with Crippen LogP contribution >= 0.6 is 0 Å². The molecule has 8 aromatic rings. The minimum absolute atomic E-state index is 0.675. The number of hydrogen-bond donors (Lipinski definition) is 0. The lowest BCUT2D eigenvalue weighted by Gasteiger charge is -2.22. The summed E-state index contributed by atoms with van der Waals surface area (Å²) in [5.74, 6) is 2.07. The molecule has 2 aliphatic rings. The highest BCUT2D eigenvalue weighted by Crippen LogP contribution is 2.41. The van der Waals surface area contributed by atoms with Crippen molar-refractivity contribution in [2.24, 2.45) is 0 Å². The van der Waals surface area contributed by atoms with E-state index in [2.05, 4.69) is 184 Å². The van der Waals surface area contributed by atoms with Crippen LogP contribution in [0.2, 0.25) is 26.2 Å². The van der Waals surface area contributed by atoms with Gasteiger partial charge in [-0.25, -0.2) is 15.0 Å². The van der Waals surface area contributed by atoms with Crippen molar-refractivity contribution in [2.75, 3.05) is 0 Å². The minimum atomic E-state index is -2.00. The first kappa shape index (κ1) is 32.6. The van der Waals surface area contributed by atoms with Crippen LogP contribution in [0.1, 0.15) is 0 Å². The highest BCUT2D eigenvalue weighted by atomic mass is 28.3. The second-order valence-corrected chi connectivity index (χ2v) is 24.3. The molecule has 0 aliphatic carbocycles. The highest BCUT2D eigenvalue weighted by molar-refractivity contribution is 7.04. The van der Waals surface area contributed by atoms with Gasteiger partial charge in [-0.05, 0) is 77.4 Å². The molecule has 0 saturated heterocycles. The van der Waals surface area contributed by atoms with E-state index in [0.717, 1.165) is 38.9 Å². The summed E-state index contributed by atoms with van der Waals surface area (Å²) in [5, 5.41) is 5.82. The normalized spacial score (nSPS) is 14.2. The summed E-state index contributed by atoms with van der Waals surface area (Å²) in [7, 11) is -4.01. The Labute approximate surface area is 319 Å². The summed E-state index contributed by atoms with van der Waals surface area (Å²) in [5.41, 5.74) is 13.0. The fraction of sp³-hybridized carbons (Fsp3) is 0.0816. The van der Waals surface area contributed by atoms with Crippen molar-refractivity contribution in [1.82, 2.24) is 15.0 Å². The first-order chi connectivity index (χ1) is 26.3. The topological polar surface area (TPSA) is 38.7 Å². The van der Waals surface area contributed by atoms with Gasteiger partial charge in [0.1, 0.15) is 16.1 Å². The summed E-state index contributed by atoms with van der Waals surface area (Å²) in [4.78, 5) is 16.2. The van der Waals surface area contributed by atoms with E-state index in [4.69, 9.17) is 15.0 Å². The smallest absolute Gasteiger partial charge is 0.164 e. The summed E-state index contributed by atoms with van der Waals surface area (Å²) >= 11 is 0. The van der Waals surface area contributed by atoms with E-state index in [1.807, 2.05) is 6.07 Å². The molecule has 0 radical (unpaired) electrons. The lowest BCUT2D eigenvalue weighted by Crippen LogP contribution is -2.49. The third-order valence-corrected chi connectivity index (χ3v) is 18.8. The maximum atomic E-state index is 5.53. The van der Waals surface area contributed by atoms with E-state index in [-0.39, 0.29) is 0 Å². The van der Waals surface area contributed by atoms with E-state index < -0.39 is 16.1 Å². The number of hydrogen-bond acceptors (Lipinski definition) is 3. The molecule has 1 aromatic heterocycles. The van der Waals surface area contributed by atoms with Crippen LogP contribution in [0.5, 0.6) is 0 Å². The molecular formula is C49H39N3Si2. The average molecular weight is 726 g/mol. The Morgan fingerprint density at radius 1 is 0.278 bits per heavy atom. The van der Waals surface area contributed by atoms with Gasteiger partial charge in [0.2, 0.25) is 0 Å². The number of nitrogens with zero attached hydrogens (tertiary/aromatic N) is 3. The molecular weight excluding hydrogens is 687 g/mol. The fourth-order valence-corrected chi connectivity index (χ4v) is 15.1. The Balaban J connectivity index is 1.28. The van der Waals surface area contributed by atoms with Crippen molar-refractivity contribution in [3.63, 3.8) is 0 Å². The molecule has 2 aliphatic heterocycles. The molecule has 0 unspecified atom stereocenters. The maximum absolute atomic E-state index is 5.53. The van der Waals surface area contributed by atoms with Gasteiger partial charge in [0.25, 0.3) is 0 Å². The molecule has 0 atom stereocenters. The van der Waals surface area contributed by atoms with Crippen molar-refractivity contribution in [3.8, 4) is 78.7 Å². The Bertz CT molecular complexity index is 2590. The first-order valence-corrected chi connectivity index (χ1v) is 24.8. The second-order valence-electron chi connectivity index (χ2n) is 15.6. The number of aromatic nitrogens is 3.